The van der Waals surface area contributed by atoms with Gasteiger partial charge in [0.15, 0.2) is 0 Å². The molecule has 2 aliphatic rings. The van der Waals surface area contributed by atoms with Crippen LogP contribution >= 0.6 is 0 Å². The highest BCUT2D eigenvalue weighted by Gasteiger charge is 2.33. The van der Waals surface area contributed by atoms with E-state index < -0.39 is 0 Å². The Balaban J connectivity index is 1.61. The van der Waals surface area contributed by atoms with Crippen molar-refractivity contribution in [2.75, 3.05) is 0 Å². The van der Waals surface area contributed by atoms with Crippen molar-refractivity contribution in [2.24, 2.45) is 0 Å². The average Bonchev–Trinajstić information content (AvgIpc) is 2.58. The van der Waals surface area contributed by atoms with Gasteiger partial charge in [0, 0.05) is 18.6 Å². The Morgan fingerprint density at radius 1 is 0.958 bits per heavy atom. The first-order valence-corrected chi connectivity index (χ1v) is 9.29. The van der Waals surface area contributed by atoms with Crippen LogP contribution in [-0.4, -0.2) is 17.0 Å². The molecule has 0 spiro atoms. The van der Waals surface area contributed by atoms with Crippen LogP contribution in [0.25, 0.3) is 5.57 Å². The Hall–Kier alpha value is -1.86. The van der Waals surface area contributed by atoms with Gasteiger partial charge in [-0.2, -0.15) is 0 Å². The van der Waals surface area contributed by atoms with Crippen LogP contribution in [0.4, 0.5) is 0 Å². The third kappa shape index (κ3) is 3.06. The summed E-state index contributed by atoms with van der Waals surface area (Å²) in [4.78, 5) is 2.74. The van der Waals surface area contributed by atoms with E-state index in [1.165, 1.54) is 47.9 Å². The predicted octanol–water partition coefficient (Wildman–Crippen LogP) is 5.51. The summed E-state index contributed by atoms with van der Waals surface area (Å²) in [6.07, 6.45) is 7.77. The molecule has 2 heterocycles. The van der Waals surface area contributed by atoms with E-state index in [1.807, 2.05) is 0 Å². The zero-order valence-electron chi connectivity index (χ0n) is 14.8. The Morgan fingerprint density at radius 2 is 1.79 bits per heavy atom. The number of piperidine rings is 1. The fraction of sp³-hybridized carbons (Fsp3) is 0.391. The topological polar surface area (TPSA) is 3.24 Å². The van der Waals surface area contributed by atoms with Crippen LogP contribution in [0.15, 0.2) is 54.6 Å². The number of aryl methyl sites for hydroxylation is 2. The SMILES string of the molecule is Cc1ccc(C2=CC3CCCC(C2)N3Cc2ccccc2)cc1C. The number of nitrogens with zero attached hydrogens (tertiary/aromatic N) is 1. The van der Waals surface area contributed by atoms with Crippen molar-refractivity contribution >= 4 is 5.57 Å². The molecule has 2 aliphatic heterocycles. The molecule has 0 aliphatic carbocycles. The maximum atomic E-state index is 2.74. The molecule has 2 unspecified atom stereocenters. The van der Waals surface area contributed by atoms with Gasteiger partial charge in [-0.05, 0) is 60.9 Å². The van der Waals surface area contributed by atoms with Crippen LogP contribution in [-0.2, 0) is 6.54 Å². The lowest BCUT2D eigenvalue weighted by Gasteiger charge is -2.45. The van der Waals surface area contributed by atoms with Crippen LogP contribution < -0.4 is 0 Å². The first-order valence-electron chi connectivity index (χ1n) is 9.29. The summed E-state index contributed by atoms with van der Waals surface area (Å²) in [5.74, 6) is 0. The van der Waals surface area contributed by atoms with Gasteiger partial charge in [0.1, 0.15) is 0 Å². The highest BCUT2D eigenvalue weighted by Crippen LogP contribution is 2.38. The van der Waals surface area contributed by atoms with Crippen molar-refractivity contribution in [2.45, 2.75) is 58.2 Å². The lowest BCUT2D eigenvalue weighted by Crippen LogP contribution is -2.47. The Bertz CT molecular complexity index is 744. The molecular formula is C23H27N. The standard InChI is InChI=1S/C23H27N/c1-17-11-12-20(13-18(17)2)21-14-22-9-6-10-23(15-21)24(22)16-19-7-4-3-5-8-19/h3-5,7-8,11-14,22-23H,6,9-10,15-16H2,1-2H3. The van der Waals surface area contributed by atoms with Gasteiger partial charge in [0.2, 0.25) is 0 Å². The van der Waals surface area contributed by atoms with Crippen molar-refractivity contribution in [3.63, 3.8) is 0 Å². The molecule has 1 heteroatoms. The minimum absolute atomic E-state index is 0.606. The third-order valence-corrected chi connectivity index (χ3v) is 5.87. The lowest BCUT2D eigenvalue weighted by atomic mass is 9.82. The lowest BCUT2D eigenvalue weighted by molar-refractivity contribution is 0.0951. The molecule has 124 valence electrons. The quantitative estimate of drug-likeness (QED) is 0.721. The average molecular weight is 317 g/mol. The predicted molar refractivity (Wildman–Crippen MR) is 102 cm³/mol. The Labute approximate surface area is 146 Å². The fourth-order valence-corrected chi connectivity index (χ4v) is 4.31. The molecule has 2 atom stereocenters. The molecular weight excluding hydrogens is 290 g/mol. The summed E-state index contributed by atoms with van der Waals surface area (Å²) in [6.45, 7) is 5.52. The molecule has 0 saturated carbocycles. The van der Waals surface area contributed by atoms with Gasteiger partial charge in [-0.3, -0.25) is 4.90 Å². The summed E-state index contributed by atoms with van der Waals surface area (Å²) in [5.41, 5.74) is 7.25. The first-order chi connectivity index (χ1) is 11.7. The van der Waals surface area contributed by atoms with Crippen molar-refractivity contribution in [1.29, 1.82) is 0 Å². The molecule has 0 amide bonds. The summed E-state index contributed by atoms with van der Waals surface area (Å²) in [5, 5.41) is 0. The van der Waals surface area contributed by atoms with Crippen molar-refractivity contribution in [3.8, 4) is 0 Å². The van der Waals surface area contributed by atoms with Gasteiger partial charge >= 0.3 is 0 Å². The van der Waals surface area contributed by atoms with Crippen LogP contribution in [0, 0.1) is 13.8 Å². The number of fused-ring (bicyclic) bond motifs is 2. The maximum Gasteiger partial charge on any atom is 0.0290 e. The van der Waals surface area contributed by atoms with Gasteiger partial charge < -0.3 is 0 Å². The van der Waals surface area contributed by atoms with E-state index in [-0.39, 0.29) is 0 Å². The second kappa shape index (κ2) is 6.57. The van der Waals surface area contributed by atoms with Gasteiger partial charge in [0.25, 0.3) is 0 Å². The van der Waals surface area contributed by atoms with E-state index in [2.05, 4.69) is 73.4 Å². The summed E-state index contributed by atoms with van der Waals surface area (Å²) in [7, 11) is 0. The normalized spacial score (nSPS) is 23.8. The zero-order chi connectivity index (χ0) is 16.5. The molecule has 1 saturated heterocycles. The van der Waals surface area contributed by atoms with Gasteiger partial charge in [-0.25, -0.2) is 0 Å². The molecule has 0 N–H and O–H groups in total. The molecule has 1 fully saturated rings. The highest BCUT2D eigenvalue weighted by molar-refractivity contribution is 5.68. The van der Waals surface area contributed by atoms with Crippen LogP contribution in [0.2, 0.25) is 0 Å². The van der Waals surface area contributed by atoms with Crippen molar-refractivity contribution in [3.05, 3.63) is 76.9 Å². The number of hydrogen-bond acceptors (Lipinski definition) is 1. The molecule has 24 heavy (non-hydrogen) atoms. The second-order valence-corrected chi connectivity index (χ2v) is 7.51. The number of rotatable bonds is 3. The Morgan fingerprint density at radius 3 is 2.54 bits per heavy atom. The molecule has 0 aromatic heterocycles. The van der Waals surface area contributed by atoms with Crippen LogP contribution in [0.5, 0.6) is 0 Å². The van der Waals surface area contributed by atoms with Crippen molar-refractivity contribution < 1.29 is 0 Å². The second-order valence-electron chi connectivity index (χ2n) is 7.51. The maximum absolute atomic E-state index is 2.74. The van der Waals surface area contributed by atoms with E-state index in [9.17, 15) is 0 Å². The number of hydrogen-bond donors (Lipinski definition) is 0. The highest BCUT2D eigenvalue weighted by atomic mass is 15.2. The molecule has 0 radical (unpaired) electrons. The van der Waals surface area contributed by atoms with E-state index in [0.29, 0.717) is 12.1 Å². The monoisotopic (exact) mass is 317 g/mol. The van der Waals surface area contributed by atoms with E-state index in [0.717, 1.165) is 6.54 Å². The van der Waals surface area contributed by atoms with Crippen LogP contribution in [0.1, 0.15) is 47.9 Å². The third-order valence-electron chi connectivity index (χ3n) is 5.87. The van der Waals surface area contributed by atoms with Gasteiger partial charge in [-0.15, -0.1) is 0 Å². The van der Waals surface area contributed by atoms with Crippen LogP contribution in [0.3, 0.4) is 0 Å². The molecule has 2 aromatic carbocycles. The number of benzene rings is 2. The largest absolute Gasteiger partial charge is 0.289 e. The minimum atomic E-state index is 0.606. The Kier molecular flexibility index (Phi) is 4.28. The van der Waals surface area contributed by atoms with Gasteiger partial charge in [0.05, 0.1) is 0 Å². The summed E-state index contributed by atoms with van der Waals surface area (Å²) >= 11 is 0. The first kappa shape index (κ1) is 15.7. The summed E-state index contributed by atoms with van der Waals surface area (Å²) in [6, 6.07) is 19.2. The van der Waals surface area contributed by atoms with E-state index in [1.54, 1.807) is 5.57 Å². The zero-order valence-corrected chi connectivity index (χ0v) is 14.8. The van der Waals surface area contributed by atoms with Gasteiger partial charge in [-0.1, -0.05) is 61.0 Å². The minimum Gasteiger partial charge on any atom is -0.289 e. The van der Waals surface area contributed by atoms with E-state index in [4.69, 9.17) is 0 Å². The molecule has 2 bridgehead atoms. The van der Waals surface area contributed by atoms with Crippen molar-refractivity contribution in [1.82, 2.24) is 4.90 Å². The van der Waals surface area contributed by atoms with E-state index >= 15 is 0 Å². The molecule has 2 aromatic rings. The summed E-state index contributed by atoms with van der Waals surface area (Å²) < 4.78 is 0. The smallest absolute Gasteiger partial charge is 0.0290 e. The molecule has 1 nitrogen and oxygen atoms in total. The molecule has 4 rings (SSSR count). The fourth-order valence-electron chi connectivity index (χ4n) is 4.31.